The lowest BCUT2D eigenvalue weighted by Crippen LogP contribution is -2.48. The third-order valence-corrected chi connectivity index (χ3v) is 5.74. The Kier molecular flexibility index (Phi) is 6.79. The zero-order chi connectivity index (χ0) is 19.4. The van der Waals surface area contributed by atoms with Crippen LogP contribution in [0, 0.1) is 0 Å². The number of aliphatic hydroxyl groups is 2. The molecule has 1 unspecified atom stereocenters. The lowest BCUT2D eigenvalue weighted by Gasteiger charge is -2.36. The van der Waals surface area contributed by atoms with Gasteiger partial charge < -0.3 is 15.1 Å². The van der Waals surface area contributed by atoms with E-state index in [0.717, 1.165) is 26.2 Å². The Balaban J connectivity index is 1.81. The van der Waals surface area contributed by atoms with Crippen LogP contribution in [-0.4, -0.2) is 65.9 Å². The molecule has 6 heteroatoms. The SMILES string of the molecule is CN1CCN(CC(O)CC(O)(c2ccc(Cl)cc2)c2ccc(Cl)cc2)CC1. The van der Waals surface area contributed by atoms with Gasteiger partial charge in [0, 0.05) is 49.2 Å². The molecule has 4 nitrogen and oxygen atoms in total. The smallest absolute Gasteiger partial charge is 0.117 e. The molecule has 0 aromatic heterocycles. The average molecular weight is 409 g/mol. The largest absolute Gasteiger partial charge is 0.392 e. The number of hydrogen-bond acceptors (Lipinski definition) is 4. The van der Waals surface area contributed by atoms with Gasteiger partial charge in [0.25, 0.3) is 0 Å². The summed E-state index contributed by atoms with van der Waals surface area (Å²) in [7, 11) is 2.10. The van der Waals surface area contributed by atoms with Crippen LogP contribution in [0.2, 0.25) is 10.0 Å². The molecule has 0 saturated carbocycles. The Morgan fingerprint density at radius 1 is 0.889 bits per heavy atom. The molecular weight excluding hydrogens is 383 g/mol. The second-order valence-corrected chi connectivity index (χ2v) is 8.21. The molecule has 0 bridgehead atoms. The molecule has 1 fully saturated rings. The van der Waals surface area contributed by atoms with Crippen molar-refractivity contribution in [2.75, 3.05) is 39.8 Å². The van der Waals surface area contributed by atoms with E-state index in [4.69, 9.17) is 23.2 Å². The normalized spacial score (nSPS) is 17.8. The maximum Gasteiger partial charge on any atom is 0.117 e. The van der Waals surface area contributed by atoms with Crippen molar-refractivity contribution in [2.24, 2.45) is 0 Å². The number of likely N-dealkylation sites (N-methyl/N-ethyl adjacent to an activating group) is 1. The van der Waals surface area contributed by atoms with Crippen LogP contribution in [-0.2, 0) is 5.60 Å². The van der Waals surface area contributed by atoms with Crippen molar-refractivity contribution in [1.82, 2.24) is 9.80 Å². The van der Waals surface area contributed by atoms with Gasteiger partial charge in [0.05, 0.1) is 6.10 Å². The van der Waals surface area contributed by atoms with E-state index >= 15 is 0 Å². The summed E-state index contributed by atoms with van der Waals surface area (Å²) in [5.41, 5.74) is 0.0829. The first-order valence-corrected chi connectivity index (χ1v) is 9.96. The molecule has 0 amide bonds. The molecule has 1 atom stereocenters. The molecule has 1 saturated heterocycles. The van der Waals surface area contributed by atoms with Crippen LogP contribution in [0.25, 0.3) is 0 Å². The van der Waals surface area contributed by atoms with Gasteiger partial charge in [-0.15, -0.1) is 0 Å². The van der Waals surface area contributed by atoms with Crippen molar-refractivity contribution in [2.45, 2.75) is 18.1 Å². The summed E-state index contributed by atoms with van der Waals surface area (Å²) < 4.78 is 0. The molecule has 2 aromatic rings. The summed E-state index contributed by atoms with van der Waals surface area (Å²) in [6.07, 6.45) is -0.465. The Bertz CT molecular complexity index is 683. The second kappa shape index (κ2) is 8.91. The molecule has 0 spiro atoms. The van der Waals surface area contributed by atoms with Gasteiger partial charge >= 0.3 is 0 Å². The lowest BCUT2D eigenvalue weighted by atomic mass is 9.81. The number of nitrogens with zero attached hydrogens (tertiary/aromatic N) is 2. The van der Waals surface area contributed by atoms with E-state index in [1.165, 1.54) is 0 Å². The fourth-order valence-corrected chi connectivity index (χ4v) is 3.84. The second-order valence-electron chi connectivity index (χ2n) is 7.34. The van der Waals surface area contributed by atoms with Gasteiger partial charge in [-0.3, -0.25) is 4.90 Å². The fraction of sp³-hybridized carbons (Fsp3) is 0.429. The molecule has 1 heterocycles. The molecule has 3 rings (SSSR count). The highest BCUT2D eigenvalue weighted by Gasteiger charge is 2.34. The minimum atomic E-state index is -1.32. The first kappa shape index (κ1) is 20.6. The quantitative estimate of drug-likeness (QED) is 0.769. The molecule has 1 aliphatic rings. The number of benzene rings is 2. The summed E-state index contributed by atoms with van der Waals surface area (Å²) in [6.45, 7) is 4.37. The van der Waals surface area contributed by atoms with Crippen molar-refractivity contribution in [3.05, 3.63) is 69.7 Å². The zero-order valence-corrected chi connectivity index (χ0v) is 17.0. The van der Waals surface area contributed by atoms with Gasteiger partial charge in [-0.25, -0.2) is 0 Å². The van der Waals surface area contributed by atoms with Crippen LogP contribution in [0.5, 0.6) is 0 Å². The third-order valence-electron chi connectivity index (χ3n) is 5.24. The van der Waals surface area contributed by atoms with Crippen LogP contribution < -0.4 is 0 Å². The number of aliphatic hydroxyl groups excluding tert-OH is 1. The van der Waals surface area contributed by atoms with E-state index in [2.05, 4.69) is 16.8 Å². The summed E-state index contributed by atoms with van der Waals surface area (Å²) >= 11 is 12.0. The van der Waals surface area contributed by atoms with Crippen molar-refractivity contribution in [1.29, 1.82) is 0 Å². The van der Waals surface area contributed by atoms with Gasteiger partial charge in [0.1, 0.15) is 5.60 Å². The van der Waals surface area contributed by atoms with Crippen molar-refractivity contribution >= 4 is 23.2 Å². The number of rotatable bonds is 6. The molecule has 2 N–H and O–H groups in total. The van der Waals surface area contributed by atoms with E-state index in [0.29, 0.717) is 27.7 Å². The molecule has 0 aliphatic carbocycles. The minimum absolute atomic E-state index is 0.197. The van der Waals surface area contributed by atoms with Crippen LogP contribution in [0.1, 0.15) is 17.5 Å². The topological polar surface area (TPSA) is 46.9 Å². The highest BCUT2D eigenvalue weighted by molar-refractivity contribution is 6.30. The first-order valence-electron chi connectivity index (χ1n) is 9.20. The van der Waals surface area contributed by atoms with Crippen LogP contribution >= 0.6 is 23.2 Å². The van der Waals surface area contributed by atoms with Gasteiger partial charge in [0.15, 0.2) is 0 Å². The summed E-state index contributed by atoms with van der Waals surface area (Å²) in [4.78, 5) is 4.52. The van der Waals surface area contributed by atoms with Crippen molar-refractivity contribution < 1.29 is 10.2 Å². The number of halogens is 2. The van der Waals surface area contributed by atoms with E-state index in [-0.39, 0.29) is 6.42 Å². The maximum absolute atomic E-state index is 11.6. The van der Waals surface area contributed by atoms with E-state index < -0.39 is 11.7 Å². The van der Waals surface area contributed by atoms with E-state index in [9.17, 15) is 10.2 Å². The predicted octanol–water partition coefficient (Wildman–Crippen LogP) is 3.23. The summed E-state index contributed by atoms with van der Waals surface area (Å²) in [5.74, 6) is 0. The molecular formula is C21H26Cl2N2O2. The Morgan fingerprint density at radius 3 is 1.78 bits per heavy atom. The summed E-state index contributed by atoms with van der Waals surface area (Å²) in [5, 5.41) is 23.6. The lowest BCUT2D eigenvalue weighted by molar-refractivity contribution is -0.000982. The van der Waals surface area contributed by atoms with Crippen molar-refractivity contribution in [3.63, 3.8) is 0 Å². The Labute approximate surface area is 170 Å². The van der Waals surface area contributed by atoms with Crippen LogP contribution in [0.4, 0.5) is 0 Å². The molecule has 2 aromatic carbocycles. The Hall–Kier alpha value is -1.14. The van der Waals surface area contributed by atoms with E-state index in [1.54, 1.807) is 48.5 Å². The summed E-state index contributed by atoms with van der Waals surface area (Å²) in [6, 6.07) is 14.2. The van der Waals surface area contributed by atoms with Crippen LogP contribution in [0.3, 0.4) is 0 Å². The van der Waals surface area contributed by atoms with Crippen molar-refractivity contribution in [3.8, 4) is 0 Å². The highest BCUT2D eigenvalue weighted by Crippen LogP contribution is 2.35. The molecule has 146 valence electrons. The minimum Gasteiger partial charge on any atom is -0.392 e. The third kappa shape index (κ3) is 5.23. The first-order chi connectivity index (χ1) is 12.9. The van der Waals surface area contributed by atoms with Gasteiger partial charge in [-0.2, -0.15) is 0 Å². The number of piperazine rings is 1. The molecule has 27 heavy (non-hydrogen) atoms. The zero-order valence-electron chi connectivity index (χ0n) is 15.5. The van der Waals surface area contributed by atoms with Gasteiger partial charge in [0.2, 0.25) is 0 Å². The maximum atomic E-state index is 11.6. The highest BCUT2D eigenvalue weighted by atomic mass is 35.5. The van der Waals surface area contributed by atoms with E-state index in [1.807, 2.05) is 0 Å². The number of hydrogen-bond donors (Lipinski definition) is 2. The average Bonchev–Trinajstić information content (AvgIpc) is 2.64. The predicted molar refractivity (Wildman–Crippen MR) is 110 cm³/mol. The fourth-order valence-electron chi connectivity index (χ4n) is 3.59. The number of β-amino-alcohol motifs (C(OH)–C–C–N with tert-alkyl or cyclic N) is 1. The van der Waals surface area contributed by atoms with Gasteiger partial charge in [-0.05, 0) is 42.4 Å². The van der Waals surface area contributed by atoms with Gasteiger partial charge in [-0.1, -0.05) is 47.5 Å². The Morgan fingerprint density at radius 2 is 1.33 bits per heavy atom. The standard InChI is InChI=1S/C21H26Cl2N2O2/c1-24-10-12-25(13-11-24)15-20(26)14-21(27,16-2-6-18(22)7-3-16)17-4-8-19(23)9-5-17/h2-9,20,26-27H,10-15H2,1H3. The molecule has 0 radical (unpaired) electrons. The molecule has 1 aliphatic heterocycles. The van der Waals surface area contributed by atoms with Crippen LogP contribution in [0.15, 0.2) is 48.5 Å². The monoisotopic (exact) mass is 408 g/mol.